The summed E-state index contributed by atoms with van der Waals surface area (Å²) in [6.45, 7) is 0.456. The maximum Gasteiger partial charge on any atom is 0.342 e. The number of hydrogen-bond acceptors (Lipinski definition) is 6. The first kappa shape index (κ1) is 23.7. The molecule has 1 N–H and O–H groups in total. The number of carbonyl (C=O) groups excluding carboxylic acids is 2. The van der Waals surface area contributed by atoms with Gasteiger partial charge in [-0.15, -0.1) is 0 Å². The van der Waals surface area contributed by atoms with E-state index in [2.05, 4.69) is 5.32 Å². The van der Waals surface area contributed by atoms with Crippen molar-refractivity contribution in [1.82, 2.24) is 4.31 Å². The third kappa shape index (κ3) is 5.21. The number of sulfonamides is 1. The van der Waals surface area contributed by atoms with Crippen molar-refractivity contribution in [2.75, 3.05) is 32.1 Å². The van der Waals surface area contributed by atoms with Crippen molar-refractivity contribution in [3.63, 3.8) is 0 Å². The van der Waals surface area contributed by atoms with Crippen LogP contribution in [-0.4, -0.2) is 51.4 Å². The van der Waals surface area contributed by atoms with Crippen LogP contribution in [0.4, 0.5) is 5.69 Å². The van der Waals surface area contributed by atoms with Crippen molar-refractivity contribution in [3.8, 4) is 5.75 Å². The molecule has 4 rings (SSSR count). The lowest BCUT2D eigenvalue weighted by Gasteiger charge is -2.26. The molecule has 0 unspecified atom stereocenters. The van der Waals surface area contributed by atoms with Gasteiger partial charge in [-0.1, -0.05) is 36.8 Å². The summed E-state index contributed by atoms with van der Waals surface area (Å²) in [5, 5.41) is 4.34. The predicted octanol–water partition coefficient (Wildman–Crippen LogP) is 3.82. The molecular formula is C25H26N2O6S. The molecule has 1 amide bonds. The molecule has 0 saturated carbocycles. The van der Waals surface area contributed by atoms with E-state index in [-0.39, 0.29) is 10.5 Å². The molecule has 0 aliphatic carbocycles. The van der Waals surface area contributed by atoms with Gasteiger partial charge >= 0.3 is 5.97 Å². The summed E-state index contributed by atoms with van der Waals surface area (Å²) in [6, 6.07) is 17.0. The van der Waals surface area contributed by atoms with Gasteiger partial charge in [-0.25, -0.2) is 13.2 Å². The number of hydrogen-bond donors (Lipinski definition) is 1. The molecule has 3 aromatic carbocycles. The zero-order valence-corrected chi connectivity index (χ0v) is 19.6. The Labute approximate surface area is 198 Å². The molecule has 34 heavy (non-hydrogen) atoms. The average molecular weight is 483 g/mol. The molecule has 3 aromatic rings. The molecule has 1 heterocycles. The van der Waals surface area contributed by atoms with Crippen molar-refractivity contribution in [3.05, 3.63) is 66.2 Å². The highest BCUT2D eigenvalue weighted by atomic mass is 32.2. The minimum Gasteiger partial charge on any atom is -0.496 e. The van der Waals surface area contributed by atoms with Crippen molar-refractivity contribution < 1.29 is 27.5 Å². The highest BCUT2D eigenvalue weighted by Gasteiger charge is 2.26. The molecule has 0 atom stereocenters. The second-order valence-corrected chi connectivity index (χ2v) is 9.95. The Morgan fingerprint density at radius 2 is 1.65 bits per heavy atom. The predicted molar refractivity (Wildman–Crippen MR) is 128 cm³/mol. The van der Waals surface area contributed by atoms with Gasteiger partial charge in [-0.05, 0) is 53.9 Å². The average Bonchev–Trinajstić information content (AvgIpc) is 2.87. The van der Waals surface area contributed by atoms with E-state index in [0.29, 0.717) is 24.5 Å². The number of ether oxygens (including phenoxy) is 2. The smallest absolute Gasteiger partial charge is 0.342 e. The zero-order chi connectivity index (χ0) is 24.1. The fourth-order valence-electron chi connectivity index (χ4n) is 3.94. The first-order valence-electron chi connectivity index (χ1n) is 11.0. The molecule has 0 spiro atoms. The van der Waals surface area contributed by atoms with Gasteiger partial charge < -0.3 is 14.8 Å². The summed E-state index contributed by atoms with van der Waals surface area (Å²) in [6.07, 6.45) is 2.69. The van der Waals surface area contributed by atoms with Crippen LogP contribution in [0.2, 0.25) is 0 Å². The molecule has 1 aliphatic heterocycles. The van der Waals surface area contributed by atoms with Crippen LogP contribution in [-0.2, 0) is 19.6 Å². The molecule has 0 aromatic heterocycles. The Kier molecular flexibility index (Phi) is 7.14. The van der Waals surface area contributed by atoms with Crippen LogP contribution in [0, 0.1) is 0 Å². The first-order valence-corrected chi connectivity index (χ1v) is 12.5. The number of nitrogens with one attached hydrogen (secondary N) is 1. The van der Waals surface area contributed by atoms with E-state index >= 15 is 0 Å². The monoisotopic (exact) mass is 482 g/mol. The molecule has 9 heteroatoms. The number of anilines is 1. The lowest BCUT2D eigenvalue weighted by Crippen LogP contribution is -2.35. The normalized spacial score (nSPS) is 14.5. The van der Waals surface area contributed by atoms with E-state index in [1.165, 1.54) is 23.5 Å². The van der Waals surface area contributed by atoms with E-state index < -0.39 is 28.5 Å². The van der Waals surface area contributed by atoms with Crippen LogP contribution in [0.5, 0.6) is 5.75 Å². The molecule has 178 valence electrons. The SMILES string of the molecule is COc1cc2ccccc2cc1C(=O)OCC(=O)Nc1cccc(S(=O)(=O)N2CCCCC2)c1. The number of nitrogens with zero attached hydrogens (tertiary/aromatic N) is 1. The Hall–Kier alpha value is -3.43. The molecule has 1 saturated heterocycles. The fourth-order valence-corrected chi connectivity index (χ4v) is 5.51. The second-order valence-electron chi connectivity index (χ2n) is 8.02. The minimum absolute atomic E-state index is 0.116. The van der Waals surface area contributed by atoms with E-state index in [1.807, 2.05) is 24.3 Å². The molecule has 8 nitrogen and oxygen atoms in total. The van der Waals surface area contributed by atoms with Crippen LogP contribution in [0.3, 0.4) is 0 Å². The Bertz CT molecular complexity index is 1320. The number of esters is 1. The molecule has 0 bridgehead atoms. The number of methoxy groups -OCH3 is 1. The Morgan fingerprint density at radius 1 is 0.941 bits per heavy atom. The quantitative estimate of drug-likeness (QED) is 0.514. The summed E-state index contributed by atoms with van der Waals surface area (Å²) >= 11 is 0. The lowest BCUT2D eigenvalue weighted by molar-refractivity contribution is -0.119. The van der Waals surface area contributed by atoms with Gasteiger partial charge in [-0.2, -0.15) is 4.31 Å². The van der Waals surface area contributed by atoms with E-state index in [9.17, 15) is 18.0 Å². The van der Waals surface area contributed by atoms with Crippen molar-refractivity contribution >= 4 is 38.4 Å². The summed E-state index contributed by atoms with van der Waals surface area (Å²) in [4.78, 5) is 25.1. The van der Waals surface area contributed by atoms with Crippen LogP contribution in [0.15, 0.2) is 65.6 Å². The molecule has 1 fully saturated rings. The van der Waals surface area contributed by atoms with Crippen molar-refractivity contribution in [2.45, 2.75) is 24.2 Å². The third-order valence-corrected chi connectivity index (χ3v) is 7.59. The number of fused-ring (bicyclic) bond motifs is 1. The van der Waals surface area contributed by atoms with Gasteiger partial charge in [0.15, 0.2) is 6.61 Å². The number of carbonyl (C=O) groups is 2. The maximum absolute atomic E-state index is 12.9. The molecular weight excluding hydrogens is 456 g/mol. The standard InChI is InChI=1S/C25H26N2O6S/c1-32-23-15-19-9-4-3-8-18(19)14-22(23)25(29)33-17-24(28)26-20-10-7-11-21(16-20)34(30,31)27-12-5-2-6-13-27/h3-4,7-11,14-16H,2,5-6,12-13,17H2,1H3,(H,26,28). The van der Waals surface area contributed by atoms with E-state index in [1.54, 1.807) is 24.3 Å². The first-order chi connectivity index (χ1) is 16.4. The van der Waals surface area contributed by atoms with E-state index in [4.69, 9.17) is 9.47 Å². The van der Waals surface area contributed by atoms with Crippen LogP contribution in [0.1, 0.15) is 29.6 Å². The van der Waals surface area contributed by atoms with Gasteiger partial charge in [0.05, 0.1) is 12.0 Å². The highest BCUT2D eigenvalue weighted by molar-refractivity contribution is 7.89. The van der Waals surface area contributed by atoms with Crippen LogP contribution < -0.4 is 10.1 Å². The number of amides is 1. The molecule has 0 radical (unpaired) electrons. The maximum atomic E-state index is 12.9. The van der Waals surface area contributed by atoms with Gasteiger partial charge in [-0.3, -0.25) is 4.79 Å². The van der Waals surface area contributed by atoms with E-state index in [0.717, 1.165) is 30.0 Å². The summed E-state index contributed by atoms with van der Waals surface area (Å²) < 4.78 is 37.7. The largest absolute Gasteiger partial charge is 0.496 e. The van der Waals surface area contributed by atoms with Gasteiger partial charge in [0.25, 0.3) is 5.91 Å². The zero-order valence-electron chi connectivity index (χ0n) is 18.8. The topological polar surface area (TPSA) is 102 Å². The van der Waals surface area contributed by atoms with Gasteiger partial charge in [0.2, 0.25) is 10.0 Å². The van der Waals surface area contributed by atoms with Crippen LogP contribution in [0.25, 0.3) is 10.8 Å². The number of rotatable bonds is 7. The molecule has 1 aliphatic rings. The number of piperidine rings is 1. The highest BCUT2D eigenvalue weighted by Crippen LogP contribution is 2.27. The summed E-state index contributed by atoms with van der Waals surface area (Å²) in [5.41, 5.74) is 0.519. The third-order valence-electron chi connectivity index (χ3n) is 5.69. The minimum atomic E-state index is -3.62. The Morgan fingerprint density at radius 3 is 2.35 bits per heavy atom. The Balaban J connectivity index is 1.41. The van der Waals surface area contributed by atoms with Gasteiger partial charge in [0.1, 0.15) is 11.3 Å². The van der Waals surface area contributed by atoms with Crippen molar-refractivity contribution in [1.29, 1.82) is 0 Å². The fraction of sp³-hybridized carbons (Fsp3) is 0.280. The lowest BCUT2D eigenvalue weighted by atomic mass is 10.1. The summed E-state index contributed by atoms with van der Waals surface area (Å²) in [5.74, 6) is -0.931. The van der Waals surface area contributed by atoms with Crippen molar-refractivity contribution in [2.24, 2.45) is 0 Å². The van der Waals surface area contributed by atoms with Gasteiger partial charge in [0, 0.05) is 18.8 Å². The van der Waals surface area contributed by atoms with Crippen LogP contribution >= 0.6 is 0 Å². The summed E-state index contributed by atoms with van der Waals surface area (Å²) in [7, 11) is -2.17. The number of benzene rings is 3. The second kappa shape index (κ2) is 10.2.